The second-order valence-electron chi connectivity index (χ2n) is 8.92. The highest BCUT2D eigenvalue weighted by Crippen LogP contribution is 2.46. The number of amides is 1. The molecule has 1 aromatic carbocycles. The first kappa shape index (κ1) is 29.6. The van der Waals surface area contributed by atoms with Gasteiger partial charge in [-0.1, -0.05) is 37.3 Å². The number of ether oxygens (including phenoxy) is 2. The molecule has 0 saturated carbocycles. The van der Waals surface area contributed by atoms with Gasteiger partial charge >= 0.3 is 25.6 Å². The highest BCUT2D eigenvalue weighted by molar-refractivity contribution is 7.52. The first-order valence-electron chi connectivity index (χ1n) is 10.9. The van der Waals surface area contributed by atoms with Gasteiger partial charge in [-0.3, -0.25) is 13.9 Å². The number of esters is 1. The molecule has 4 atom stereocenters. The Kier molecular flexibility index (Phi) is 11.7. The van der Waals surface area contributed by atoms with Gasteiger partial charge in [-0.15, -0.1) is 0 Å². The SMILES string of the molecule is CC(CP(=O)(O)OC(CCCNC(=O)OC(C)(C)C)C(=O)O)C(N)C(=O)OCc1ccccc1. The van der Waals surface area contributed by atoms with Gasteiger partial charge in [-0.05, 0) is 45.1 Å². The van der Waals surface area contributed by atoms with Crippen molar-refractivity contribution in [2.24, 2.45) is 11.7 Å². The van der Waals surface area contributed by atoms with Gasteiger partial charge in [0.15, 0.2) is 6.10 Å². The molecule has 0 radical (unpaired) electrons. The zero-order valence-corrected chi connectivity index (χ0v) is 20.8. The van der Waals surface area contributed by atoms with Crippen LogP contribution in [0.3, 0.4) is 0 Å². The van der Waals surface area contributed by atoms with E-state index in [0.717, 1.165) is 5.56 Å². The van der Waals surface area contributed by atoms with E-state index in [2.05, 4.69) is 5.32 Å². The van der Waals surface area contributed by atoms with Crippen LogP contribution in [0.2, 0.25) is 0 Å². The molecule has 0 heterocycles. The molecular weight excluding hydrogens is 467 g/mol. The van der Waals surface area contributed by atoms with Crippen molar-refractivity contribution in [3.63, 3.8) is 0 Å². The Morgan fingerprint density at radius 1 is 1.18 bits per heavy atom. The summed E-state index contributed by atoms with van der Waals surface area (Å²) in [6.07, 6.45) is -2.74. The number of alkyl carbamates (subject to hydrolysis) is 1. The number of rotatable bonds is 13. The van der Waals surface area contributed by atoms with E-state index in [9.17, 15) is 28.9 Å². The van der Waals surface area contributed by atoms with Crippen LogP contribution in [0.5, 0.6) is 0 Å². The molecule has 1 amide bonds. The molecule has 0 fully saturated rings. The Hall–Kier alpha value is -2.46. The molecule has 1 aromatic rings. The van der Waals surface area contributed by atoms with E-state index in [0.29, 0.717) is 0 Å². The molecule has 5 N–H and O–H groups in total. The minimum absolute atomic E-state index is 0.00575. The van der Waals surface area contributed by atoms with E-state index in [4.69, 9.17) is 19.7 Å². The highest BCUT2D eigenvalue weighted by atomic mass is 31.2. The molecular formula is C22H35N2O9P. The number of carbonyl (C=O) groups is 3. The molecule has 0 spiro atoms. The second-order valence-corrected chi connectivity index (χ2v) is 10.8. The minimum atomic E-state index is -4.41. The zero-order chi connectivity index (χ0) is 25.9. The third kappa shape index (κ3) is 12.1. The predicted octanol–water partition coefficient (Wildman–Crippen LogP) is 2.65. The number of benzene rings is 1. The van der Waals surface area contributed by atoms with Gasteiger partial charge in [-0.2, -0.15) is 0 Å². The lowest BCUT2D eigenvalue weighted by Gasteiger charge is -2.23. The van der Waals surface area contributed by atoms with Gasteiger partial charge in [0.05, 0.1) is 6.16 Å². The van der Waals surface area contributed by atoms with Gasteiger partial charge in [-0.25, -0.2) is 9.59 Å². The van der Waals surface area contributed by atoms with Crippen molar-refractivity contribution in [1.29, 1.82) is 0 Å². The smallest absolute Gasteiger partial charge is 0.407 e. The Balaban J connectivity index is 2.52. The molecule has 0 bridgehead atoms. The van der Waals surface area contributed by atoms with E-state index in [1.807, 2.05) is 6.07 Å². The van der Waals surface area contributed by atoms with Crippen molar-refractivity contribution in [2.75, 3.05) is 12.7 Å². The van der Waals surface area contributed by atoms with Crippen molar-refractivity contribution in [1.82, 2.24) is 5.32 Å². The summed E-state index contributed by atoms with van der Waals surface area (Å²) in [6.45, 7) is 6.68. The Bertz CT molecular complexity index is 858. The monoisotopic (exact) mass is 502 g/mol. The maximum Gasteiger partial charge on any atom is 0.407 e. The molecule has 192 valence electrons. The number of aliphatic carboxylic acids is 1. The summed E-state index contributed by atoms with van der Waals surface area (Å²) in [5, 5.41) is 11.8. The highest BCUT2D eigenvalue weighted by Gasteiger charge is 2.34. The van der Waals surface area contributed by atoms with Gasteiger partial charge in [0, 0.05) is 6.54 Å². The fourth-order valence-electron chi connectivity index (χ4n) is 2.79. The molecule has 1 rings (SSSR count). The standard InChI is InChI=1S/C22H35N2O9P/c1-15(18(23)20(27)31-13-16-9-6-5-7-10-16)14-34(29,30)33-17(19(25)26)11-8-12-24-21(28)32-22(2,3)4/h5-7,9-10,15,17-18H,8,11-14,23H2,1-4H3,(H,24,28)(H,25,26)(H,29,30). The maximum atomic E-state index is 12.5. The molecule has 0 saturated heterocycles. The summed E-state index contributed by atoms with van der Waals surface area (Å²) in [5.41, 5.74) is 5.95. The third-order valence-corrected chi connectivity index (χ3v) is 6.13. The first-order chi connectivity index (χ1) is 15.7. The fraction of sp³-hybridized carbons (Fsp3) is 0.591. The summed E-state index contributed by atoms with van der Waals surface area (Å²) in [5.74, 6) is -2.99. The summed E-state index contributed by atoms with van der Waals surface area (Å²) >= 11 is 0. The summed E-state index contributed by atoms with van der Waals surface area (Å²) in [6, 6.07) is 7.74. The molecule has 0 aliphatic rings. The van der Waals surface area contributed by atoms with E-state index in [-0.39, 0.29) is 26.0 Å². The number of hydrogen-bond acceptors (Lipinski definition) is 8. The van der Waals surface area contributed by atoms with Crippen molar-refractivity contribution < 1.29 is 42.9 Å². The second kappa shape index (κ2) is 13.4. The summed E-state index contributed by atoms with van der Waals surface area (Å²) in [4.78, 5) is 45.5. The van der Waals surface area contributed by atoms with Gasteiger partial charge < -0.3 is 30.5 Å². The van der Waals surface area contributed by atoms with Crippen LogP contribution in [0.4, 0.5) is 4.79 Å². The lowest BCUT2D eigenvalue weighted by molar-refractivity contribution is -0.148. The van der Waals surface area contributed by atoms with Crippen molar-refractivity contribution in [3.8, 4) is 0 Å². The first-order valence-corrected chi connectivity index (χ1v) is 12.6. The average molecular weight is 503 g/mol. The lowest BCUT2D eigenvalue weighted by Crippen LogP contribution is -2.40. The van der Waals surface area contributed by atoms with E-state index in [1.54, 1.807) is 45.0 Å². The van der Waals surface area contributed by atoms with Crippen LogP contribution >= 0.6 is 7.60 Å². The van der Waals surface area contributed by atoms with Crippen LogP contribution in [0, 0.1) is 5.92 Å². The number of hydrogen-bond donors (Lipinski definition) is 4. The van der Waals surface area contributed by atoms with E-state index < -0.39 is 55.5 Å². The normalized spacial score (nSPS) is 15.9. The van der Waals surface area contributed by atoms with Crippen molar-refractivity contribution in [2.45, 2.75) is 64.9 Å². The topological polar surface area (TPSA) is 174 Å². The molecule has 11 nitrogen and oxygen atoms in total. The Labute approximate surface area is 199 Å². The largest absolute Gasteiger partial charge is 0.479 e. The van der Waals surface area contributed by atoms with Gasteiger partial charge in [0.2, 0.25) is 0 Å². The van der Waals surface area contributed by atoms with Crippen LogP contribution in [0.25, 0.3) is 0 Å². The van der Waals surface area contributed by atoms with Crippen LogP contribution in [-0.4, -0.2) is 58.5 Å². The van der Waals surface area contributed by atoms with Crippen molar-refractivity contribution in [3.05, 3.63) is 35.9 Å². The Morgan fingerprint density at radius 3 is 2.35 bits per heavy atom. The summed E-state index contributed by atoms with van der Waals surface area (Å²) in [7, 11) is -4.41. The summed E-state index contributed by atoms with van der Waals surface area (Å²) < 4.78 is 27.7. The van der Waals surface area contributed by atoms with Gasteiger partial charge in [0.1, 0.15) is 18.2 Å². The number of carboxylic acids is 1. The fourth-order valence-corrected chi connectivity index (χ4v) is 4.42. The van der Waals surface area contributed by atoms with Crippen LogP contribution in [0.1, 0.15) is 46.1 Å². The molecule has 0 aliphatic carbocycles. The van der Waals surface area contributed by atoms with Crippen LogP contribution in [-0.2, 0) is 34.8 Å². The van der Waals surface area contributed by atoms with Crippen LogP contribution < -0.4 is 11.1 Å². The van der Waals surface area contributed by atoms with Crippen LogP contribution in [0.15, 0.2) is 30.3 Å². The zero-order valence-electron chi connectivity index (χ0n) is 19.9. The predicted molar refractivity (Wildman–Crippen MR) is 124 cm³/mol. The van der Waals surface area contributed by atoms with E-state index >= 15 is 0 Å². The van der Waals surface area contributed by atoms with Gasteiger partial charge in [0.25, 0.3) is 0 Å². The Morgan fingerprint density at radius 2 is 1.79 bits per heavy atom. The molecule has 0 aliphatic heterocycles. The molecule has 12 heteroatoms. The third-order valence-electron chi connectivity index (χ3n) is 4.51. The minimum Gasteiger partial charge on any atom is -0.479 e. The number of carboxylic acid groups (broad SMARTS) is 1. The number of nitrogens with one attached hydrogen (secondary N) is 1. The maximum absolute atomic E-state index is 12.5. The molecule has 34 heavy (non-hydrogen) atoms. The van der Waals surface area contributed by atoms with Crippen molar-refractivity contribution >= 4 is 25.6 Å². The quantitative estimate of drug-likeness (QED) is 0.178. The average Bonchev–Trinajstić information content (AvgIpc) is 2.72. The molecule has 0 aromatic heterocycles. The number of nitrogens with two attached hydrogens (primary N) is 1. The lowest BCUT2D eigenvalue weighted by atomic mass is 10.1. The van der Waals surface area contributed by atoms with E-state index in [1.165, 1.54) is 6.92 Å². The number of carbonyl (C=O) groups excluding carboxylic acids is 2. The molecule has 4 unspecified atom stereocenters.